The van der Waals surface area contributed by atoms with Crippen LogP contribution in [0.25, 0.3) is 0 Å². The van der Waals surface area contributed by atoms with Crippen molar-refractivity contribution in [2.24, 2.45) is 4.99 Å². The van der Waals surface area contributed by atoms with Crippen molar-refractivity contribution in [1.82, 2.24) is 14.9 Å². The standard InChI is InChI=1S/C22H28N4O2/c1-14-15(2)20(28-3)8-7-16(14)12-26-11-9-18-17(13-26)22(27)25-21(24-18)19-6-4-5-10-23-19/h7-8H,4-6,9-13H2,1-3H3,(H,24,25,27). The lowest BCUT2D eigenvalue weighted by atomic mass is 10.00. The van der Waals surface area contributed by atoms with Gasteiger partial charge in [-0.2, -0.15) is 0 Å². The van der Waals surface area contributed by atoms with Gasteiger partial charge in [-0.1, -0.05) is 6.07 Å². The van der Waals surface area contributed by atoms with Gasteiger partial charge in [-0.05, 0) is 55.9 Å². The first kappa shape index (κ1) is 18.9. The van der Waals surface area contributed by atoms with Gasteiger partial charge in [-0.15, -0.1) is 0 Å². The topological polar surface area (TPSA) is 70.6 Å². The summed E-state index contributed by atoms with van der Waals surface area (Å²) in [6.45, 7) is 7.42. The van der Waals surface area contributed by atoms with Crippen molar-refractivity contribution in [3.8, 4) is 5.75 Å². The van der Waals surface area contributed by atoms with Crippen molar-refractivity contribution < 1.29 is 4.74 Å². The zero-order valence-corrected chi connectivity index (χ0v) is 17.0. The average molecular weight is 380 g/mol. The van der Waals surface area contributed by atoms with Gasteiger partial charge in [0.15, 0.2) is 5.82 Å². The van der Waals surface area contributed by atoms with Gasteiger partial charge in [-0.3, -0.25) is 14.7 Å². The van der Waals surface area contributed by atoms with Crippen LogP contribution in [0.5, 0.6) is 5.75 Å². The minimum absolute atomic E-state index is 0.0133. The molecule has 0 saturated heterocycles. The molecule has 2 aliphatic heterocycles. The summed E-state index contributed by atoms with van der Waals surface area (Å²) in [6, 6.07) is 4.16. The molecule has 0 bridgehead atoms. The number of fused-ring (bicyclic) bond motifs is 1. The van der Waals surface area contributed by atoms with Gasteiger partial charge in [0.1, 0.15) is 5.75 Å². The van der Waals surface area contributed by atoms with Crippen LogP contribution in [-0.4, -0.2) is 40.8 Å². The molecule has 0 spiro atoms. The van der Waals surface area contributed by atoms with E-state index in [1.807, 2.05) is 6.07 Å². The number of nitrogens with zero attached hydrogens (tertiary/aromatic N) is 3. The van der Waals surface area contributed by atoms with Gasteiger partial charge in [-0.25, -0.2) is 4.98 Å². The highest BCUT2D eigenvalue weighted by Crippen LogP contribution is 2.26. The minimum Gasteiger partial charge on any atom is -0.496 e. The summed E-state index contributed by atoms with van der Waals surface area (Å²) in [5.41, 5.74) is 6.38. The second-order valence-corrected chi connectivity index (χ2v) is 7.76. The first-order chi connectivity index (χ1) is 13.6. The van der Waals surface area contributed by atoms with E-state index in [1.165, 1.54) is 16.7 Å². The monoisotopic (exact) mass is 380 g/mol. The van der Waals surface area contributed by atoms with Crippen LogP contribution in [0.1, 0.15) is 53.0 Å². The lowest BCUT2D eigenvalue weighted by Gasteiger charge is -2.28. The van der Waals surface area contributed by atoms with Crippen LogP contribution >= 0.6 is 0 Å². The lowest BCUT2D eigenvalue weighted by Crippen LogP contribution is -2.36. The van der Waals surface area contributed by atoms with Gasteiger partial charge < -0.3 is 9.72 Å². The number of methoxy groups -OCH3 is 1. The van der Waals surface area contributed by atoms with E-state index in [1.54, 1.807) is 7.11 Å². The number of H-pyrrole nitrogens is 1. The summed E-state index contributed by atoms with van der Waals surface area (Å²) in [4.78, 5) is 27.4. The maximum Gasteiger partial charge on any atom is 0.255 e. The molecule has 6 heteroatoms. The quantitative estimate of drug-likeness (QED) is 0.885. The van der Waals surface area contributed by atoms with E-state index in [0.717, 1.165) is 68.0 Å². The number of nitrogens with one attached hydrogen (secondary N) is 1. The largest absolute Gasteiger partial charge is 0.496 e. The number of benzene rings is 1. The highest BCUT2D eigenvalue weighted by atomic mass is 16.5. The average Bonchev–Trinajstić information content (AvgIpc) is 2.72. The van der Waals surface area contributed by atoms with Crippen molar-refractivity contribution >= 4 is 5.71 Å². The highest BCUT2D eigenvalue weighted by molar-refractivity contribution is 5.97. The molecule has 1 N–H and O–H groups in total. The number of aliphatic imine (C=N–C) groups is 1. The van der Waals surface area contributed by atoms with Crippen LogP contribution in [0.3, 0.4) is 0 Å². The van der Waals surface area contributed by atoms with E-state index >= 15 is 0 Å². The van der Waals surface area contributed by atoms with E-state index in [-0.39, 0.29) is 5.56 Å². The lowest BCUT2D eigenvalue weighted by molar-refractivity contribution is 0.241. The first-order valence-corrected chi connectivity index (χ1v) is 10.1. The maximum atomic E-state index is 12.7. The SMILES string of the molecule is COc1ccc(CN2CCc3nc(C4=NCCCC4)[nH]c(=O)c3C2)c(C)c1C. The summed E-state index contributed by atoms with van der Waals surface area (Å²) < 4.78 is 5.42. The number of aromatic amines is 1. The molecule has 0 aliphatic carbocycles. The molecule has 4 rings (SSSR count). The highest BCUT2D eigenvalue weighted by Gasteiger charge is 2.23. The smallest absolute Gasteiger partial charge is 0.255 e. The Morgan fingerprint density at radius 3 is 2.79 bits per heavy atom. The molecule has 0 atom stereocenters. The third-order valence-corrected chi connectivity index (χ3v) is 6.01. The van der Waals surface area contributed by atoms with E-state index in [0.29, 0.717) is 12.4 Å². The summed E-state index contributed by atoms with van der Waals surface area (Å²) in [7, 11) is 1.70. The number of rotatable bonds is 4. The van der Waals surface area contributed by atoms with Gasteiger partial charge in [0.25, 0.3) is 5.56 Å². The van der Waals surface area contributed by atoms with Crippen LogP contribution in [0.15, 0.2) is 21.9 Å². The molecule has 2 aromatic rings. The molecule has 0 saturated carbocycles. The third kappa shape index (κ3) is 3.61. The van der Waals surface area contributed by atoms with E-state index in [2.05, 4.69) is 34.8 Å². The predicted molar refractivity (Wildman–Crippen MR) is 110 cm³/mol. The number of ether oxygens (including phenoxy) is 1. The third-order valence-electron chi connectivity index (χ3n) is 6.01. The van der Waals surface area contributed by atoms with Gasteiger partial charge >= 0.3 is 0 Å². The zero-order chi connectivity index (χ0) is 19.7. The molecule has 3 heterocycles. The van der Waals surface area contributed by atoms with E-state index in [4.69, 9.17) is 9.72 Å². The molecule has 0 radical (unpaired) electrons. The van der Waals surface area contributed by atoms with Gasteiger partial charge in [0.05, 0.1) is 24.1 Å². The minimum atomic E-state index is -0.0133. The Kier molecular flexibility index (Phi) is 5.31. The maximum absolute atomic E-state index is 12.7. The van der Waals surface area contributed by atoms with Crippen molar-refractivity contribution in [3.05, 3.63) is 56.3 Å². The Morgan fingerprint density at radius 2 is 2.04 bits per heavy atom. The molecular weight excluding hydrogens is 352 g/mol. The van der Waals surface area contributed by atoms with Crippen LogP contribution in [0.4, 0.5) is 0 Å². The van der Waals surface area contributed by atoms with Gasteiger partial charge in [0.2, 0.25) is 0 Å². The summed E-state index contributed by atoms with van der Waals surface area (Å²) in [6.07, 6.45) is 3.95. The van der Waals surface area contributed by atoms with E-state index < -0.39 is 0 Å². The molecule has 2 aliphatic rings. The normalized spacial score (nSPS) is 17.2. The number of hydrogen-bond donors (Lipinski definition) is 1. The number of hydrogen-bond acceptors (Lipinski definition) is 5. The molecule has 148 valence electrons. The molecule has 1 aromatic heterocycles. The molecule has 0 amide bonds. The van der Waals surface area contributed by atoms with Crippen molar-refractivity contribution in [2.45, 2.75) is 52.6 Å². The second kappa shape index (κ2) is 7.87. The van der Waals surface area contributed by atoms with E-state index in [9.17, 15) is 4.79 Å². The molecule has 1 aromatic carbocycles. The fourth-order valence-corrected chi connectivity index (χ4v) is 4.13. The molecule has 0 fully saturated rings. The summed E-state index contributed by atoms with van der Waals surface area (Å²) in [5, 5.41) is 0. The Balaban J connectivity index is 1.55. The predicted octanol–water partition coefficient (Wildman–Crippen LogP) is 2.93. The van der Waals surface area contributed by atoms with Crippen molar-refractivity contribution in [1.29, 1.82) is 0 Å². The summed E-state index contributed by atoms with van der Waals surface area (Å²) in [5.74, 6) is 1.60. The molecule has 0 unspecified atom stereocenters. The fourth-order valence-electron chi connectivity index (χ4n) is 4.13. The molecule has 28 heavy (non-hydrogen) atoms. The Labute approximate surface area is 165 Å². The number of aromatic nitrogens is 2. The Morgan fingerprint density at radius 1 is 1.18 bits per heavy atom. The van der Waals surface area contributed by atoms with Crippen LogP contribution < -0.4 is 10.3 Å². The molecule has 6 nitrogen and oxygen atoms in total. The van der Waals surface area contributed by atoms with Crippen molar-refractivity contribution in [2.75, 3.05) is 20.2 Å². The van der Waals surface area contributed by atoms with Crippen LogP contribution in [-0.2, 0) is 19.5 Å². The summed E-state index contributed by atoms with van der Waals surface area (Å²) >= 11 is 0. The molecular formula is C22H28N4O2. The fraction of sp³-hybridized carbons (Fsp3) is 0.500. The van der Waals surface area contributed by atoms with Gasteiger partial charge in [0, 0.05) is 32.6 Å². The Bertz CT molecular complexity index is 977. The van der Waals surface area contributed by atoms with Crippen LogP contribution in [0.2, 0.25) is 0 Å². The van der Waals surface area contributed by atoms with Crippen molar-refractivity contribution in [3.63, 3.8) is 0 Å². The second-order valence-electron chi connectivity index (χ2n) is 7.76. The van der Waals surface area contributed by atoms with Crippen LogP contribution in [0, 0.1) is 13.8 Å². The first-order valence-electron chi connectivity index (χ1n) is 10.1. The Hall–Kier alpha value is -2.47. The zero-order valence-electron chi connectivity index (χ0n) is 17.0.